The summed E-state index contributed by atoms with van der Waals surface area (Å²) in [5, 5.41) is 10.0. The van der Waals surface area contributed by atoms with Gasteiger partial charge in [0.05, 0.1) is 6.10 Å². The van der Waals surface area contributed by atoms with Crippen molar-refractivity contribution < 1.29 is 13.9 Å². The summed E-state index contributed by atoms with van der Waals surface area (Å²) in [7, 11) is 0. The lowest BCUT2D eigenvalue weighted by molar-refractivity contribution is 0.0904. The SMILES string of the molecule is CCC(C)N(CC)CC(O)c1cccc(F)c1F. The molecule has 2 unspecified atom stereocenters. The van der Waals surface area contributed by atoms with Crippen molar-refractivity contribution in [3.05, 3.63) is 35.4 Å². The molecule has 0 amide bonds. The number of rotatable bonds is 6. The molecule has 0 aliphatic heterocycles. The molecule has 102 valence electrons. The zero-order valence-corrected chi connectivity index (χ0v) is 11.2. The molecule has 0 saturated heterocycles. The molecule has 1 aromatic carbocycles. The minimum Gasteiger partial charge on any atom is -0.387 e. The number of aliphatic hydroxyl groups is 1. The molecular weight excluding hydrogens is 236 g/mol. The molecule has 0 fully saturated rings. The van der Waals surface area contributed by atoms with Crippen LogP contribution in [0.15, 0.2) is 18.2 Å². The second-order valence-electron chi connectivity index (χ2n) is 4.50. The maximum atomic E-state index is 13.5. The van der Waals surface area contributed by atoms with Gasteiger partial charge in [0, 0.05) is 18.2 Å². The molecule has 1 rings (SSSR count). The van der Waals surface area contributed by atoms with Gasteiger partial charge in [-0.1, -0.05) is 26.0 Å². The van der Waals surface area contributed by atoms with E-state index in [1.807, 2.05) is 6.92 Å². The van der Waals surface area contributed by atoms with Crippen molar-refractivity contribution in [2.24, 2.45) is 0 Å². The highest BCUT2D eigenvalue weighted by Crippen LogP contribution is 2.21. The van der Waals surface area contributed by atoms with Crippen LogP contribution in [-0.4, -0.2) is 29.1 Å². The van der Waals surface area contributed by atoms with E-state index in [4.69, 9.17) is 0 Å². The molecule has 4 heteroatoms. The largest absolute Gasteiger partial charge is 0.387 e. The van der Waals surface area contributed by atoms with E-state index >= 15 is 0 Å². The quantitative estimate of drug-likeness (QED) is 0.846. The molecule has 0 radical (unpaired) electrons. The molecule has 0 spiro atoms. The number of hydrogen-bond donors (Lipinski definition) is 1. The smallest absolute Gasteiger partial charge is 0.164 e. The summed E-state index contributed by atoms with van der Waals surface area (Å²) in [4.78, 5) is 2.05. The van der Waals surface area contributed by atoms with E-state index in [1.165, 1.54) is 12.1 Å². The second kappa shape index (κ2) is 6.81. The Balaban J connectivity index is 2.81. The zero-order valence-electron chi connectivity index (χ0n) is 11.2. The number of benzene rings is 1. The summed E-state index contributed by atoms with van der Waals surface area (Å²) in [5.41, 5.74) is 0.0248. The first kappa shape index (κ1) is 15.1. The van der Waals surface area contributed by atoms with Crippen molar-refractivity contribution in [3.63, 3.8) is 0 Å². The highest BCUT2D eigenvalue weighted by molar-refractivity contribution is 5.21. The third kappa shape index (κ3) is 3.50. The van der Waals surface area contributed by atoms with Gasteiger partial charge in [-0.05, 0) is 26.0 Å². The molecule has 1 N–H and O–H groups in total. The Hall–Kier alpha value is -1.00. The van der Waals surface area contributed by atoms with Crippen molar-refractivity contribution in [1.29, 1.82) is 0 Å². The first-order chi connectivity index (χ1) is 8.51. The number of aliphatic hydroxyl groups excluding tert-OH is 1. The first-order valence-electron chi connectivity index (χ1n) is 6.37. The van der Waals surface area contributed by atoms with Crippen LogP contribution in [0.4, 0.5) is 8.78 Å². The molecule has 0 bridgehead atoms. The van der Waals surface area contributed by atoms with Gasteiger partial charge in [0.2, 0.25) is 0 Å². The van der Waals surface area contributed by atoms with Crippen LogP contribution >= 0.6 is 0 Å². The van der Waals surface area contributed by atoms with Crippen molar-refractivity contribution in [2.45, 2.75) is 39.3 Å². The fourth-order valence-corrected chi connectivity index (χ4v) is 1.98. The van der Waals surface area contributed by atoms with Gasteiger partial charge >= 0.3 is 0 Å². The van der Waals surface area contributed by atoms with Crippen molar-refractivity contribution in [2.75, 3.05) is 13.1 Å². The van der Waals surface area contributed by atoms with Crippen molar-refractivity contribution in [1.82, 2.24) is 4.90 Å². The van der Waals surface area contributed by atoms with Crippen LogP contribution in [0.1, 0.15) is 38.9 Å². The standard InChI is InChI=1S/C14H21F2NO/c1-4-10(3)17(5-2)9-13(18)11-7-6-8-12(15)14(11)16/h6-8,10,13,18H,4-5,9H2,1-3H3. The molecule has 18 heavy (non-hydrogen) atoms. The molecule has 0 aliphatic carbocycles. The average Bonchev–Trinajstić information content (AvgIpc) is 2.37. The van der Waals surface area contributed by atoms with Gasteiger partial charge in [0.15, 0.2) is 11.6 Å². The number of halogens is 2. The lowest BCUT2D eigenvalue weighted by Crippen LogP contribution is -2.36. The van der Waals surface area contributed by atoms with E-state index in [2.05, 4.69) is 18.7 Å². The summed E-state index contributed by atoms with van der Waals surface area (Å²) in [6.45, 7) is 7.18. The van der Waals surface area contributed by atoms with Gasteiger partial charge in [0.25, 0.3) is 0 Å². The second-order valence-corrected chi connectivity index (χ2v) is 4.50. The molecule has 0 aromatic heterocycles. The molecule has 1 aromatic rings. The van der Waals surface area contributed by atoms with E-state index in [9.17, 15) is 13.9 Å². The van der Waals surface area contributed by atoms with E-state index in [-0.39, 0.29) is 5.56 Å². The minimum absolute atomic E-state index is 0.0248. The van der Waals surface area contributed by atoms with Crippen LogP contribution in [0.2, 0.25) is 0 Å². The van der Waals surface area contributed by atoms with Crippen LogP contribution in [0.3, 0.4) is 0 Å². The van der Waals surface area contributed by atoms with E-state index in [0.29, 0.717) is 12.6 Å². The molecule has 2 nitrogen and oxygen atoms in total. The van der Waals surface area contributed by atoms with E-state index in [0.717, 1.165) is 19.0 Å². The van der Waals surface area contributed by atoms with Gasteiger partial charge in [-0.3, -0.25) is 4.90 Å². The summed E-state index contributed by atoms with van der Waals surface area (Å²) in [6.07, 6.45) is -0.0544. The van der Waals surface area contributed by atoms with Crippen LogP contribution < -0.4 is 0 Å². The molecule has 2 atom stereocenters. The molecule has 0 saturated carbocycles. The van der Waals surface area contributed by atoms with Gasteiger partial charge in [-0.15, -0.1) is 0 Å². The summed E-state index contributed by atoms with van der Waals surface area (Å²) in [6, 6.07) is 4.20. The fraction of sp³-hybridized carbons (Fsp3) is 0.571. The predicted molar refractivity (Wildman–Crippen MR) is 68.3 cm³/mol. The van der Waals surface area contributed by atoms with Crippen molar-refractivity contribution >= 4 is 0 Å². The highest BCUT2D eigenvalue weighted by atomic mass is 19.2. The van der Waals surface area contributed by atoms with Gasteiger partial charge in [-0.2, -0.15) is 0 Å². The first-order valence-corrected chi connectivity index (χ1v) is 6.37. The lowest BCUT2D eigenvalue weighted by Gasteiger charge is -2.29. The van der Waals surface area contributed by atoms with Crippen LogP contribution in [-0.2, 0) is 0 Å². The Labute approximate surface area is 107 Å². The predicted octanol–water partition coefficient (Wildman–Crippen LogP) is 3.12. The Bertz CT molecular complexity index is 384. The summed E-state index contributed by atoms with van der Waals surface area (Å²) < 4.78 is 26.6. The van der Waals surface area contributed by atoms with E-state index < -0.39 is 17.7 Å². The zero-order chi connectivity index (χ0) is 13.7. The summed E-state index contributed by atoms with van der Waals surface area (Å²) in [5.74, 6) is -1.87. The van der Waals surface area contributed by atoms with Crippen LogP contribution in [0, 0.1) is 11.6 Å². The average molecular weight is 257 g/mol. The Kier molecular flexibility index (Phi) is 5.69. The molecule has 0 aliphatic rings. The van der Waals surface area contributed by atoms with Crippen LogP contribution in [0.5, 0.6) is 0 Å². The van der Waals surface area contributed by atoms with Crippen LogP contribution in [0.25, 0.3) is 0 Å². The minimum atomic E-state index is -1.00. The van der Waals surface area contributed by atoms with E-state index in [1.54, 1.807) is 0 Å². The third-order valence-electron chi connectivity index (χ3n) is 3.37. The molecule has 0 heterocycles. The monoisotopic (exact) mass is 257 g/mol. The van der Waals surface area contributed by atoms with Crippen molar-refractivity contribution in [3.8, 4) is 0 Å². The summed E-state index contributed by atoms with van der Waals surface area (Å²) >= 11 is 0. The third-order valence-corrected chi connectivity index (χ3v) is 3.37. The number of hydrogen-bond acceptors (Lipinski definition) is 2. The Morgan fingerprint density at radius 3 is 2.50 bits per heavy atom. The molecular formula is C14H21F2NO. The topological polar surface area (TPSA) is 23.5 Å². The fourth-order valence-electron chi connectivity index (χ4n) is 1.98. The number of nitrogens with zero attached hydrogens (tertiary/aromatic N) is 1. The highest BCUT2D eigenvalue weighted by Gasteiger charge is 2.20. The van der Waals surface area contributed by atoms with Gasteiger partial charge in [0.1, 0.15) is 0 Å². The maximum Gasteiger partial charge on any atom is 0.164 e. The normalized spacial score (nSPS) is 14.8. The Morgan fingerprint density at radius 1 is 1.28 bits per heavy atom. The van der Waals surface area contributed by atoms with Gasteiger partial charge < -0.3 is 5.11 Å². The maximum absolute atomic E-state index is 13.5. The number of likely N-dealkylation sites (N-methyl/N-ethyl adjacent to an activating group) is 1. The lowest BCUT2D eigenvalue weighted by atomic mass is 10.1. The Morgan fingerprint density at radius 2 is 1.94 bits per heavy atom. The van der Waals surface area contributed by atoms with Gasteiger partial charge in [-0.25, -0.2) is 8.78 Å².